The highest BCUT2D eigenvalue weighted by atomic mass is 16.6. The smallest absolute Gasteiger partial charge is 0.312 e. The molecular weight excluding hydrogens is 212 g/mol. The zero-order chi connectivity index (χ0) is 12.3. The summed E-state index contributed by atoms with van der Waals surface area (Å²) in [5.74, 6) is -0.376. The molecule has 0 amide bonds. The van der Waals surface area contributed by atoms with Crippen LogP contribution in [0, 0.1) is 21.4 Å². The molecule has 0 atom stereocenters. The molecule has 0 radical (unpaired) electrons. The lowest BCUT2D eigenvalue weighted by Crippen LogP contribution is -2.01. The molecule has 0 fully saturated rings. The number of ether oxygens (including phenoxy) is 1. The third-order valence-electron chi connectivity index (χ3n) is 2.02. The second-order valence-electron chi connectivity index (χ2n) is 2.99. The van der Waals surface area contributed by atoms with Crippen LogP contribution in [0.15, 0.2) is 12.1 Å². The number of rotatable bonds is 3. The molecule has 1 aromatic rings. The fourth-order valence-electron chi connectivity index (χ4n) is 1.26. The fourth-order valence-corrected chi connectivity index (χ4v) is 1.26. The molecule has 0 unspecified atom stereocenters. The van der Waals surface area contributed by atoms with E-state index < -0.39 is 4.92 Å². The van der Waals surface area contributed by atoms with E-state index in [-0.39, 0.29) is 28.3 Å². The summed E-state index contributed by atoms with van der Waals surface area (Å²) >= 11 is 0. The summed E-state index contributed by atoms with van der Waals surface area (Å²) in [6.45, 7) is 1.28. The molecule has 16 heavy (non-hydrogen) atoms. The number of nitro benzene ring substituents is 1. The maximum atomic E-state index is 11.2. The number of benzene rings is 1. The predicted molar refractivity (Wildman–Crippen MR) is 54.4 cm³/mol. The summed E-state index contributed by atoms with van der Waals surface area (Å²) in [4.78, 5) is 21.2. The van der Waals surface area contributed by atoms with Crippen molar-refractivity contribution in [3.8, 4) is 11.8 Å². The van der Waals surface area contributed by atoms with Gasteiger partial charge in [0.25, 0.3) is 0 Å². The van der Waals surface area contributed by atoms with Gasteiger partial charge < -0.3 is 4.74 Å². The van der Waals surface area contributed by atoms with Crippen molar-refractivity contribution >= 4 is 11.5 Å². The molecule has 0 aliphatic heterocycles. The lowest BCUT2D eigenvalue weighted by molar-refractivity contribution is -0.385. The van der Waals surface area contributed by atoms with E-state index in [0.717, 1.165) is 6.07 Å². The van der Waals surface area contributed by atoms with Gasteiger partial charge >= 0.3 is 5.69 Å². The highest BCUT2D eigenvalue weighted by Crippen LogP contribution is 2.30. The number of nitriles is 1. The van der Waals surface area contributed by atoms with Crippen LogP contribution in [0.1, 0.15) is 22.8 Å². The van der Waals surface area contributed by atoms with E-state index >= 15 is 0 Å². The van der Waals surface area contributed by atoms with Crippen LogP contribution in [0.3, 0.4) is 0 Å². The molecule has 1 aromatic carbocycles. The van der Waals surface area contributed by atoms with Crippen LogP contribution in [-0.2, 0) is 0 Å². The number of carbonyl (C=O) groups excluding carboxylic acids is 1. The third kappa shape index (κ3) is 1.98. The van der Waals surface area contributed by atoms with Gasteiger partial charge in [-0.15, -0.1) is 0 Å². The molecule has 0 spiro atoms. The highest BCUT2D eigenvalue weighted by molar-refractivity contribution is 5.97. The van der Waals surface area contributed by atoms with Gasteiger partial charge in [-0.3, -0.25) is 14.9 Å². The van der Waals surface area contributed by atoms with Crippen LogP contribution < -0.4 is 4.74 Å². The van der Waals surface area contributed by atoms with E-state index in [0.29, 0.717) is 0 Å². The molecule has 1 rings (SSSR count). The Labute approximate surface area is 91.2 Å². The molecule has 0 saturated heterocycles. The monoisotopic (exact) mass is 220 g/mol. The summed E-state index contributed by atoms with van der Waals surface area (Å²) in [6.07, 6.45) is 0. The number of nitrogens with zero attached hydrogens (tertiary/aromatic N) is 2. The first kappa shape index (κ1) is 11.7. The Morgan fingerprint density at radius 3 is 2.56 bits per heavy atom. The Balaban J connectivity index is 3.54. The molecule has 6 heteroatoms. The van der Waals surface area contributed by atoms with Crippen molar-refractivity contribution in [1.29, 1.82) is 5.26 Å². The highest BCUT2D eigenvalue weighted by Gasteiger charge is 2.20. The average molecular weight is 220 g/mol. The number of carbonyl (C=O) groups is 1. The minimum absolute atomic E-state index is 0.0278. The third-order valence-corrected chi connectivity index (χ3v) is 2.02. The van der Waals surface area contributed by atoms with Gasteiger partial charge in [0.1, 0.15) is 6.07 Å². The zero-order valence-electron chi connectivity index (χ0n) is 8.68. The van der Waals surface area contributed by atoms with Crippen LogP contribution in [-0.4, -0.2) is 17.8 Å². The zero-order valence-corrected chi connectivity index (χ0v) is 8.68. The number of hydrogen-bond acceptors (Lipinski definition) is 5. The second kappa shape index (κ2) is 4.40. The molecule has 82 valence electrons. The number of ketones is 1. The number of hydrogen-bond donors (Lipinski definition) is 0. The molecular formula is C10H8N2O4. The molecule has 0 saturated carbocycles. The van der Waals surface area contributed by atoms with Crippen molar-refractivity contribution in [2.45, 2.75) is 6.92 Å². The maximum Gasteiger partial charge on any atom is 0.312 e. The number of Topliss-reactive ketones (excluding diaryl/α,β-unsaturated/α-hetero) is 1. The molecule has 6 nitrogen and oxygen atoms in total. The van der Waals surface area contributed by atoms with Crippen molar-refractivity contribution in [3.63, 3.8) is 0 Å². The summed E-state index contributed by atoms with van der Waals surface area (Å²) in [5.41, 5.74) is -0.242. The quantitative estimate of drug-likeness (QED) is 0.438. The summed E-state index contributed by atoms with van der Waals surface area (Å²) in [6, 6.07) is 3.99. The number of methoxy groups -OCH3 is 1. The lowest BCUT2D eigenvalue weighted by atomic mass is 10.0. The van der Waals surface area contributed by atoms with Gasteiger partial charge in [0.2, 0.25) is 0 Å². The Morgan fingerprint density at radius 1 is 1.56 bits per heavy atom. The van der Waals surface area contributed by atoms with Gasteiger partial charge in [0, 0.05) is 11.6 Å². The summed E-state index contributed by atoms with van der Waals surface area (Å²) in [7, 11) is 1.26. The van der Waals surface area contributed by atoms with Crippen LogP contribution in [0.25, 0.3) is 0 Å². The van der Waals surface area contributed by atoms with Crippen molar-refractivity contribution in [1.82, 2.24) is 0 Å². The van der Waals surface area contributed by atoms with E-state index in [1.165, 1.54) is 20.1 Å². The molecule has 0 heterocycles. The SMILES string of the molecule is COc1cc(C(C)=O)c(C#N)cc1[N+](=O)[O-]. The molecule has 0 aliphatic carbocycles. The van der Waals surface area contributed by atoms with Crippen LogP contribution in [0.4, 0.5) is 5.69 Å². The first-order chi connectivity index (χ1) is 7.51. The van der Waals surface area contributed by atoms with Gasteiger partial charge in [0.05, 0.1) is 17.6 Å². The van der Waals surface area contributed by atoms with E-state index in [9.17, 15) is 14.9 Å². The Morgan fingerprint density at radius 2 is 2.19 bits per heavy atom. The van der Waals surface area contributed by atoms with Gasteiger partial charge in [0.15, 0.2) is 11.5 Å². The Bertz CT molecular complexity index is 502. The van der Waals surface area contributed by atoms with Crippen LogP contribution >= 0.6 is 0 Å². The number of nitro groups is 1. The first-order valence-corrected chi connectivity index (χ1v) is 4.28. The Hall–Kier alpha value is -2.42. The topological polar surface area (TPSA) is 93.2 Å². The van der Waals surface area contributed by atoms with Gasteiger partial charge in [-0.05, 0) is 13.0 Å². The molecule has 0 aromatic heterocycles. The van der Waals surface area contributed by atoms with Crippen molar-refractivity contribution < 1.29 is 14.5 Å². The fraction of sp³-hybridized carbons (Fsp3) is 0.200. The minimum Gasteiger partial charge on any atom is -0.490 e. The van der Waals surface area contributed by atoms with Crippen molar-refractivity contribution in [3.05, 3.63) is 33.4 Å². The van der Waals surface area contributed by atoms with Gasteiger partial charge in [-0.25, -0.2) is 0 Å². The minimum atomic E-state index is -0.663. The molecule has 0 aliphatic rings. The largest absolute Gasteiger partial charge is 0.490 e. The summed E-state index contributed by atoms with van der Waals surface area (Å²) < 4.78 is 4.79. The molecule has 0 bridgehead atoms. The lowest BCUT2D eigenvalue weighted by Gasteiger charge is -2.04. The van der Waals surface area contributed by atoms with Crippen LogP contribution in [0.2, 0.25) is 0 Å². The summed E-state index contributed by atoms with van der Waals surface area (Å²) in [5, 5.41) is 19.4. The van der Waals surface area contributed by atoms with E-state index in [1.54, 1.807) is 6.07 Å². The predicted octanol–water partition coefficient (Wildman–Crippen LogP) is 1.68. The normalized spacial score (nSPS) is 9.31. The van der Waals surface area contributed by atoms with E-state index in [4.69, 9.17) is 10.00 Å². The van der Waals surface area contributed by atoms with Crippen LogP contribution in [0.5, 0.6) is 5.75 Å². The Kier molecular flexibility index (Phi) is 3.20. The van der Waals surface area contributed by atoms with Gasteiger partial charge in [-0.2, -0.15) is 5.26 Å². The van der Waals surface area contributed by atoms with Gasteiger partial charge in [-0.1, -0.05) is 0 Å². The first-order valence-electron chi connectivity index (χ1n) is 4.28. The second-order valence-corrected chi connectivity index (χ2v) is 2.99. The van der Waals surface area contributed by atoms with E-state index in [2.05, 4.69) is 0 Å². The van der Waals surface area contributed by atoms with E-state index in [1.807, 2.05) is 0 Å². The molecule has 0 N–H and O–H groups in total. The maximum absolute atomic E-state index is 11.2. The van der Waals surface area contributed by atoms with Crippen molar-refractivity contribution in [2.24, 2.45) is 0 Å². The standard InChI is InChI=1S/C10H8N2O4/c1-6(13)8-4-10(16-2)9(12(14)15)3-7(8)5-11/h3-4H,1-2H3. The average Bonchev–Trinajstić information content (AvgIpc) is 2.26. The van der Waals surface area contributed by atoms with Crippen molar-refractivity contribution in [2.75, 3.05) is 7.11 Å².